The maximum Gasteiger partial charge on any atom is 0.363 e. The van der Waals surface area contributed by atoms with Crippen LogP contribution in [0.3, 0.4) is 0 Å². The van der Waals surface area contributed by atoms with Crippen LogP contribution >= 0.6 is 15.9 Å². The topological polar surface area (TPSA) is 74.2 Å². The highest BCUT2D eigenvalue weighted by atomic mass is 79.9. The van der Waals surface area contributed by atoms with Crippen LogP contribution in [-0.4, -0.2) is 24.9 Å². The molecular formula is C24H18BrNO5. The van der Waals surface area contributed by atoms with Crippen molar-refractivity contribution in [3.63, 3.8) is 0 Å². The Bertz CT molecular complexity index is 1260. The monoisotopic (exact) mass is 479 g/mol. The Balaban J connectivity index is 1.67. The number of hydrogen-bond acceptors (Lipinski definition) is 6. The third-order valence-corrected chi connectivity index (χ3v) is 5.27. The van der Waals surface area contributed by atoms with Crippen LogP contribution in [0.1, 0.15) is 24.5 Å². The second-order valence-corrected chi connectivity index (χ2v) is 7.61. The van der Waals surface area contributed by atoms with E-state index in [4.69, 9.17) is 14.2 Å². The van der Waals surface area contributed by atoms with E-state index < -0.39 is 5.97 Å². The van der Waals surface area contributed by atoms with E-state index in [1.165, 1.54) is 7.11 Å². The molecular weight excluding hydrogens is 462 g/mol. The Kier molecular flexibility index (Phi) is 5.86. The molecule has 3 aromatic carbocycles. The number of carbonyl (C=O) groups is 2. The molecule has 0 unspecified atom stereocenters. The molecule has 0 fully saturated rings. The summed E-state index contributed by atoms with van der Waals surface area (Å²) in [4.78, 5) is 28.4. The van der Waals surface area contributed by atoms with Crippen LogP contribution in [0.2, 0.25) is 0 Å². The summed E-state index contributed by atoms with van der Waals surface area (Å²) < 4.78 is 16.6. The highest BCUT2D eigenvalue weighted by Crippen LogP contribution is 2.38. The van der Waals surface area contributed by atoms with Crippen molar-refractivity contribution >= 4 is 50.6 Å². The van der Waals surface area contributed by atoms with E-state index in [9.17, 15) is 9.59 Å². The number of halogens is 1. The summed E-state index contributed by atoms with van der Waals surface area (Å²) >= 11 is 3.39. The minimum absolute atomic E-state index is 0.162. The minimum atomic E-state index is -0.542. The van der Waals surface area contributed by atoms with Crippen LogP contribution in [0.25, 0.3) is 16.8 Å². The molecule has 0 aliphatic carbocycles. The minimum Gasteiger partial charge on any atom is -0.493 e. The maximum absolute atomic E-state index is 12.4. The summed E-state index contributed by atoms with van der Waals surface area (Å²) in [7, 11) is 1.47. The fourth-order valence-electron chi connectivity index (χ4n) is 3.12. The van der Waals surface area contributed by atoms with Gasteiger partial charge in [0.15, 0.2) is 17.2 Å². The van der Waals surface area contributed by atoms with Gasteiger partial charge in [-0.15, -0.1) is 0 Å². The summed E-state index contributed by atoms with van der Waals surface area (Å²) in [5.41, 5.74) is 1.52. The van der Waals surface area contributed by atoms with Crippen LogP contribution < -0.4 is 9.47 Å². The number of rotatable bonds is 5. The highest BCUT2D eigenvalue weighted by molar-refractivity contribution is 9.10. The van der Waals surface area contributed by atoms with E-state index >= 15 is 0 Å². The molecule has 1 aliphatic rings. The van der Waals surface area contributed by atoms with Crippen molar-refractivity contribution in [3.8, 4) is 11.5 Å². The second kappa shape index (κ2) is 8.73. The lowest BCUT2D eigenvalue weighted by molar-refractivity contribution is -0.134. The number of aliphatic imine (C=N–C) groups is 1. The van der Waals surface area contributed by atoms with Crippen LogP contribution in [0.5, 0.6) is 11.5 Å². The fraction of sp³-hybridized carbons (Fsp3) is 0.125. The first-order valence-electron chi connectivity index (χ1n) is 9.58. The zero-order valence-corrected chi connectivity index (χ0v) is 18.4. The zero-order chi connectivity index (χ0) is 22.0. The Morgan fingerprint density at radius 2 is 1.90 bits per heavy atom. The molecule has 1 aliphatic heterocycles. The van der Waals surface area contributed by atoms with E-state index in [1.54, 1.807) is 25.1 Å². The lowest BCUT2D eigenvalue weighted by atomic mass is 10.1. The molecule has 4 rings (SSSR count). The zero-order valence-electron chi connectivity index (χ0n) is 16.8. The van der Waals surface area contributed by atoms with E-state index in [2.05, 4.69) is 20.9 Å². The Morgan fingerprint density at radius 1 is 1.13 bits per heavy atom. The van der Waals surface area contributed by atoms with Gasteiger partial charge in [0.2, 0.25) is 5.90 Å². The van der Waals surface area contributed by atoms with Gasteiger partial charge in [0.25, 0.3) is 0 Å². The number of cyclic esters (lactones) is 1. The number of benzene rings is 3. The molecule has 6 nitrogen and oxygen atoms in total. The fourth-order valence-corrected chi connectivity index (χ4v) is 3.66. The Morgan fingerprint density at radius 3 is 2.65 bits per heavy atom. The summed E-state index contributed by atoms with van der Waals surface area (Å²) in [5, 5.41) is 2.12. The van der Waals surface area contributed by atoms with Crippen LogP contribution in [-0.2, 0) is 14.3 Å². The van der Waals surface area contributed by atoms with Gasteiger partial charge in [0, 0.05) is 12.0 Å². The van der Waals surface area contributed by atoms with Gasteiger partial charge >= 0.3 is 11.9 Å². The molecule has 0 N–H and O–H groups in total. The molecule has 0 amide bonds. The number of ether oxygens (including phenoxy) is 3. The number of carbonyl (C=O) groups excluding carboxylic acids is 2. The molecule has 0 aromatic heterocycles. The van der Waals surface area contributed by atoms with Gasteiger partial charge in [0.1, 0.15) is 0 Å². The number of methoxy groups -OCH3 is 1. The summed E-state index contributed by atoms with van der Waals surface area (Å²) in [6, 6.07) is 17.1. The van der Waals surface area contributed by atoms with E-state index in [0.29, 0.717) is 15.8 Å². The predicted molar refractivity (Wildman–Crippen MR) is 121 cm³/mol. The first kappa shape index (κ1) is 20.8. The van der Waals surface area contributed by atoms with Gasteiger partial charge in [-0.3, -0.25) is 4.79 Å². The van der Waals surface area contributed by atoms with Crippen LogP contribution in [0, 0.1) is 0 Å². The maximum atomic E-state index is 12.4. The molecule has 0 spiro atoms. The van der Waals surface area contributed by atoms with Gasteiger partial charge in [-0.05, 0) is 62.6 Å². The Hall–Kier alpha value is -3.45. The normalized spacial score (nSPS) is 14.5. The van der Waals surface area contributed by atoms with Crippen molar-refractivity contribution in [3.05, 3.63) is 75.9 Å². The van der Waals surface area contributed by atoms with Gasteiger partial charge in [-0.25, -0.2) is 9.79 Å². The van der Waals surface area contributed by atoms with Crippen LogP contribution in [0.15, 0.2) is 69.8 Å². The number of nitrogens with zero attached hydrogens (tertiary/aromatic N) is 1. The standard InChI is InChI=1S/C24H18BrNO5/c1-3-21(27)30-22-18(25)10-14(12-20(22)29-2)11-19-24(28)31-23(26-19)17-9-8-15-6-4-5-7-16(15)13-17/h4-13H,3H2,1-2H3/b19-11-. The molecule has 1 heterocycles. The lowest BCUT2D eigenvalue weighted by Crippen LogP contribution is -2.07. The van der Waals surface area contributed by atoms with Gasteiger partial charge in [0.05, 0.1) is 11.6 Å². The molecule has 31 heavy (non-hydrogen) atoms. The summed E-state index contributed by atoms with van der Waals surface area (Å²) in [5.74, 6) is -0.0330. The third-order valence-electron chi connectivity index (χ3n) is 4.68. The van der Waals surface area contributed by atoms with Gasteiger partial charge in [-0.2, -0.15) is 0 Å². The predicted octanol–water partition coefficient (Wildman–Crippen LogP) is 5.27. The SMILES string of the molecule is CCC(=O)Oc1c(Br)cc(/C=C2\N=C(c3ccc4ccccc4c3)OC2=O)cc1OC. The van der Waals surface area contributed by atoms with Crippen molar-refractivity contribution in [1.82, 2.24) is 0 Å². The largest absolute Gasteiger partial charge is 0.493 e. The van der Waals surface area contributed by atoms with Crippen molar-refractivity contribution in [2.45, 2.75) is 13.3 Å². The summed E-state index contributed by atoms with van der Waals surface area (Å²) in [6.45, 7) is 1.71. The average molecular weight is 480 g/mol. The lowest BCUT2D eigenvalue weighted by Gasteiger charge is -2.11. The molecule has 0 saturated heterocycles. The van der Waals surface area contributed by atoms with E-state index in [0.717, 1.165) is 16.3 Å². The summed E-state index contributed by atoms with van der Waals surface area (Å²) in [6.07, 6.45) is 1.83. The van der Waals surface area contributed by atoms with Crippen molar-refractivity contribution in [2.24, 2.45) is 4.99 Å². The first-order valence-corrected chi connectivity index (χ1v) is 10.4. The molecule has 0 bridgehead atoms. The second-order valence-electron chi connectivity index (χ2n) is 6.76. The van der Waals surface area contributed by atoms with E-state index in [-0.39, 0.29) is 29.7 Å². The van der Waals surface area contributed by atoms with Crippen LogP contribution in [0.4, 0.5) is 0 Å². The molecule has 0 radical (unpaired) electrons. The first-order chi connectivity index (χ1) is 15.0. The van der Waals surface area contributed by atoms with Crippen molar-refractivity contribution < 1.29 is 23.8 Å². The Labute approximate surface area is 187 Å². The molecule has 0 atom stereocenters. The number of esters is 2. The molecule has 7 heteroatoms. The highest BCUT2D eigenvalue weighted by Gasteiger charge is 2.25. The van der Waals surface area contributed by atoms with Crippen molar-refractivity contribution in [2.75, 3.05) is 7.11 Å². The van der Waals surface area contributed by atoms with Crippen molar-refractivity contribution in [1.29, 1.82) is 0 Å². The number of hydrogen-bond donors (Lipinski definition) is 0. The van der Waals surface area contributed by atoms with Gasteiger partial charge in [-0.1, -0.05) is 37.3 Å². The smallest absolute Gasteiger partial charge is 0.363 e. The average Bonchev–Trinajstić information content (AvgIpc) is 3.14. The molecule has 156 valence electrons. The van der Waals surface area contributed by atoms with E-state index in [1.807, 2.05) is 42.5 Å². The molecule has 3 aromatic rings. The third kappa shape index (κ3) is 4.36. The molecule has 0 saturated carbocycles. The van der Waals surface area contributed by atoms with Gasteiger partial charge < -0.3 is 14.2 Å². The number of fused-ring (bicyclic) bond motifs is 1. The quantitative estimate of drug-likeness (QED) is 0.283.